The summed E-state index contributed by atoms with van der Waals surface area (Å²) in [4.78, 5) is 44.9. The highest BCUT2D eigenvalue weighted by atomic mass is 16.5. The van der Waals surface area contributed by atoms with E-state index in [4.69, 9.17) is 14.9 Å². The highest BCUT2D eigenvalue weighted by Crippen LogP contribution is 2.15. The lowest BCUT2D eigenvalue weighted by Gasteiger charge is -2.07. The van der Waals surface area contributed by atoms with Crippen molar-refractivity contribution in [3.8, 4) is 11.7 Å². The van der Waals surface area contributed by atoms with Gasteiger partial charge in [0.15, 0.2) is 17.8 Å². The quantitative estimate of drug-likeness (QED) is 0.393. The summed E-state index contributed by atoms with van der Waals surface area (Å²) < 4.78 is 7.92. The summed E-state index contributed by atoms with van der Waals surface area (Å²) in [6.45, 7) is -0.0942. The smallest absolute Gasteiger partial charge is 0.341 e. The molecule has 4 rings (SSSR count). The second-order valence-electron chi connectivity index (χ2n) is 6.24. The number of benzene rings is 1. The first-order valence-corrected chi connectivity index (χ1v) is 8.58. The Hall–Kier alpha value is -4.48. The summed E-state index contributed by atoms with van der Waals surface area (Å²) in [6, 6.07) is 6.79. The summed E-state index contributed by atoms with van der Waals surface area (Å²) in [5.74, 6) is -1.74. The second kappa shape index (κ2) is 7.50. The number of carboxylic acid groups (broad SMARTS) is 2. The first-order chi connectivity index (χ1) is 14.4. The topological polar surface area (TPSA) is 165 Å². The summed E-state index contributed by atoms with van der Waals surface area (Å²) in [5, 5.41) is 21.6. The lowest BCUT2D eigenvalue weighted by atomic mass is 10.2. The Labute approximate surface area is 167 Å². The van der Waals surface area contributed by atoms with Crippen molar-refractivity contribution in [3.63, 3.8) is 0 Å². The van der Waals surface area contributed by atoms with Crippen LogP contribution < -0.4 is 10.3 Å². The maximum Gasteiger partial charge on any atom is 0.341 e. The molecular formula is C18H14N6O6. The fourth-order valence-corrected chi connectivity index (χ4v) is 2.75. The minimum Gasteiger partial charge on any atom is -0.482 e. The monoisotopic (exact) mass is 410 g/mol. The van der Waals surface area contributed by atoms with E-state index in [1.807, 2.05) is 0 Å². The van der Waals surface area contributed by atoms with Crippen molar-refractivity contribution in [1.82, 2.24) is 29.3 Å². The molecule has 0 bridgehead atoms. The molecule has 0 aliphatic heterocycles. The molecule has 0 atom stereocenters. The van der Waals surface area contributed by atoms with E-state index >= 15 is 0 Å². The minimum absolute atomic E-state index is 0.0449. The van der Waals surface area contributed by atoms with Gasteiger partial charge in [0, 0.05) is 6.20 Å². The zero-order valence-corrected chi connectivity index (χ0v) is 15.2. The van der Waals surface area contributed by atoms with Crippen LogP contribution in [0.4, 0.5) is 0 Å². The van der Waals surface area contributed by atoms with Crippen molar-refractivity contribution in [2.75, 3.05) is 6.61 Å². The summed E-state index contributed by atoms with van der Waals surface area (Å²) in [5.41, 5.74) is 0.737. The fourth-order valence-electron chi connectivity index (χ4n) is 2.75. The van der Waals surface area contributed by atoms with Gasteiger partial charge in [-0.3, -0.25) is 9.78 Å². The SMILES string of the molecule is O=C(O)COc1ccc(Cn2cnc3c(=O)[nH]c(-n4cc(C(=O)O)cn4)nc32)cc1. The van der Waals surface area contributed by atoms with Crippen molar-refractivity contribution >= 4 is 23.1 Å². The van der Waals surface area contributed by atoms with Gasteiger partial charge < -0.3 is 19.5 Å². The van der Waals surface area contributed by atoms with Gasteiger partial charge in [-0.05, 0) is 17.7 Å². The van der Waals surface area contributed by atoms with E-state index in [0.717, 1.165) is 16.4 Å². The van der Waals surface area contributed by atoms with Crippen LogP contribution in [0.25, 0.3) is 17.1 Å². The molecule has 0 saturated heterocycles. The van der Waals surface area contributed by atoms with Crippen LogP contribution in [0.1, 0.15) is 15.9 Å². The number of rotatable bonds is 7. The number of hydrogen-bond donors (Lipinski definition) is 3. The number of imidazole rings is 1. The highest BCUT2D eigenvalue weighted by molar-refractivity contribution is 5.87. The van der Waals surface area contributed by atoms with Crippen LogP contribution in [0.2, 0.25) is 0 Å². The van der Waals surface area contributed by atoms with Crippen LogP contribution in [-0.2, 0) is 11.3 Å². The van der Waals surface area contributed by atoms with Crippen LogP contribution in [0.3, 0.4) is 0 Å². The number of aromatic carboxylic acids is 1. The van der Waals surface area contributed by atoms with Gasteiger partial charge in [-0.1, -0.05) is 12.1 Å². The molecule has 0 radical (unpaired) electrons. The average Bonchev–Trinajstić information content (AvgIpc) is 3.35. The minimum atomic E-state index is -1.15. The third-order valence-corrected chi connectivity index (χ3v) is 4.15. The van der Waals surface area contributed by atoms with Crippen molar-refractivity contribution in [2.45, 2.75) is 6.54 Å². The molecule has 12 nitrogen and oxygen atoms in total. The molecule has 0 fully saturated rings. The van der Waals surface area contributed by atoms with E-state index in [1.54, 1.807) is 28.8 Å². The Bertz CT molecular complexity index is 1300. The van der Waals surface area contributed by atoms with Gasteiger partial charge in [-0.15, -0.1) is 0 Å². The maximum absolute atomic E-state index is 12.4. The van der Waals surface area contributed by atoms with E-state index in [-0.39, 0.29) is 17.0 Å². The van der Waals surface area contributed by atoms with E-state index in [2.05, 4.69) is 20.1 Å². The molecule has 3 aromatic heterocycles. The molecule has 0 unspecified atom stereocenters. The standard InChI is InChI=1S/C18H14N6O6/c25-13(26)8-30-12-3-1-10(2-4-12)6-23-9-19-14-15(23)21-18(22-16(14)27)24-7-11(5-20-24)17(28)29/h1-5,7,9H,6,8H2,(H,25,26)(H,28,29)(H,21,22,27). The van der Waals surface area contributed by atoms with Gasteiger partial charge in [0.25, 0.3) is 5.56 Å². The van der Waals surface area contributed by atoms with Gasteiger partial charge in [-0.25, -0.2) is 19.3 Å². The number of fused-ring (bicyclic) bond motifs is 1. The number of aliphatic carboxylic acids is 1. The molecule has 12 heteroatoms. The zero-order chi connectivity index (χ0) is 21.3. The number of carbonyl (C=O) groups is 2. The molecule has 3 N–H and O–H groups in total. The molecule has 0 aliphatic rings. The third-order valence-electron chi connectivity index (χ3n) is 4.15. The largest absolute Gasteiger partial charge is 0.482 e. The van der Waals surface area contributed by atoms with E-state index < -0.39 is 24.1 Å². The predicted molar refractivity (Wildman–Crippen MR) is 101 cm³/mol. The Kier molecular flexibility index (Phi) is 4.72. The Balaban J connectivity index is 1.63. The summed E-state index contributed by atoms with van der Waals surface area (Å²) >= 11 is 0. The summed E-state index contributed by atoms with van der Waals surface area (Å²) in [7, 11) is 0. The molecule has 152 valence electrons. The predicted octanol–water partition coefficient (Wildman–Crippen LogP) is 0.515. The molecule has 0 aliphatic carbocycles. The Morgan fingerprint density at radius 1 is 1.17 bits per heavy atom. The number of aromatic amines is 1. The molecule has 0 amide bonds. The van der Waals surface area contributed by atoms with Crippen LogP contribution >= 0.6 is 0 Å². The van der Waals surface area contributed by atoms with Crippen molar-refractivity contribution < 1.29 is 24.5 Å². The van der Waals surface area contributed by atoms with Crippen LogP contribution in [0.5, 0.6) is 5.75 Å². The Morgan fingerprint density at radius 3 is 2.60 bits per heavy atom. The lowest BCUT2D eigenvalue weighted by Crippen LogP contribution is -2.15. The van der Waals surface area contributed by atoms with Crippen LogP contribution in [-0.4, -0.2) is 58.1 Å². The maximum atomic E-state index is 12.4. The molecule has 0 saturated carbocycles. The molecule has 3 heterocycles. The van der Waals surface area contributed by atoms with Gasteiger partial charge in [0.2, 0.25) is 5.95 Å². The van der Waals surface area contributed by atoms with Crippen molar-refractivity contribution in [3.05, 3.63) is 64.5 Å². The number of carboxylic acids is 2. The van der Waals surface area contributed by atoms with E-state index in [0.29, 0.717) is 17.9 Å². The fraction of sp³-hybridized carbons (Fsp3) is 0.111. The van der Waals surface area contributed by atoms with E-state index in [1.165, 1.54) is 12.5 Å². The highest BCUT2D eigenvalue weighted by Gasteiger charge is 2.14. The number of nitrogens with one attached hydrogen (secondary N) is 1. The summed E-state index contributed by atoms with van der Waals surface area (Å²) in [6.07, 6.45) is 3.86. The third kappa shape index (κ3) is 3.73. The second-order valence-corrected chi connectivity index (χ2v) is 6.24. The van der Waals surface area contributed by atoms with Crippen molar-refractivity contribution in [1.29, 1.82) is 0 Å². The van der Waals surface area contributed by atoms with Crippen LogP contribution in [0, 0.1) is 0 Å². The zero-order valence-electron chi connectivity index (χ0n) is 15.2. The number of H-pyrrole nitrogens is 1. The lowest BCUT2D eigenvalue weighted by molar-refractivity contribution is -0.139. The number of nitrogens with zero attached hydrogens (tertiary/aromatic N) is 5. The first-order valence-electron chi connectivity index (χ1n) is 8.58. The molecule has 4 aromatic rings. The number of hydrogen-bond acceptors (Lipinski definition) is 7. The van der Waals surface area contributed by atoms with Gasteiger partial charge in [0.1, 0.15) is 5.75 Å². The van der Waals surface area contributed by atoms with Gasteiger partial charge in [0.05, 0.1) is 24.6 Å². The molecular weight excluding hydrogens is 396 g/mol. The first kappa shape index (κ1) is 18.9. The average molecular weight is 410 g/mol. The van der Waals surface area contributed by atoms with Gasteiger partial charge >= 0.3 is 11.9 Å². The van der Waals surface area contributed by atoms with Gasteiger partial charge in [-0.2, -0.15) is 10.1 Å². The van der Waals surface area contributed by atoms with E-state index in [9.17, 15) is 14.4 Å². The molecule has 0 spiro atoms. The normalized spacial score (nSPS) is 10.9. The van der Waals surface area contributed by atoms with Crippen molar-refractivity contribution in [2.24, 2.45) is 0 Å². The molecule has 30 heavy (non-hydrogen) atoms. The van der Waals surface area contributed by atoms with Crippen LogP contribution in [0.15, 0.2) is 47.8 Å². The number of aromatic nitrogens is 6. The Morgan fingerprint density at radius 2 is 1.93 bits per heavy atom. The number of ether oxygens (including phenoxy) is 1. The molecule has 1 aromatic carbocycles.